The Labute approximate surface area is 187 Å². The fourth-order valence-electron chi connectivity index (χ4n) is 4.56. The Morgan fingerprint density at radius 2 is 1.66 bits per heavy atom. The summed E-state index contributed by atoms with van der Waals surface area (Å²) >= 11 is 0. The smallest absolute Gasteiger partial charge is 0.139 e. The van der Waals surface area contributed by atoms with Crippen LogP contribution in [-0.4, -0.2) is 31.3 Å². The zero-order chi connectivity index (χ0) is 22.0. The maximum atomic E-state index is 15.2. The second-order valence-corrected chi connectivity index (χ2v) is 8.50. The molecule has 1 aliphatic heterocycles. The maximum absolute atomic E-state index is 15.2. The van der Waals surface area contributed by atoms with Crippen LogP contribution >= 0.6 is 0 Å². The second-order valence-electron chi connectivity index (χ2n) is 8.50. The van der Waals surface area contributed by atoms with E-state index in [0.717, 1.165) is 36.0 Å². The molecule has 162 valence electrons. The summed E-state index contributed by atoms with van der Waals surface area (Å²) in [5.74, 6) is -0.0684. The van der Waals surface area contributed by atoms with E-state index in [-0.39, 0.29) is 11.7 Å². The number of benzene rings is 3. The van der Waals surface area contributed by atoms with Crippen molar-refractivity contribution < 1.29 is 13.9 Å². The van der Waals surface area contributed by atoms with Gasteiger partial charge in [-0.3, -0.25) is 5.32 Å². The van der Waals surface area contributed by atoms with Gasteiger partial charge < -0.3 is 9.53 Å². The van der Waals surface area contributed by atoms with Crippen LogP contribution in [0.3, 0.4) is 0 Å². The van der Waals surface area contributed by atoms with Crippen LogP contribution in [0.25, 0.3) is 0 Å². The number of nitrogens with zero attached hydrogens (tertiary/aromatic N) is 1. The molecule has 0 aromatic heterocycles. The minimum absolute atomic E-state index is 0.238. The fourth-order valence-corrected chi connectivity index (χ4v) is 4.56. The van der Waals surface area contributed by atoms with E-state index < -0.39 is 11.6 Å². The van der Waals surface area contributed by atoms with E-state index in [4.69, 9.17) is 9.73 Å². The lowest BCUT2D eigenvalue weighted by atomic mass is 9.83. The van der Waals surface area contributed by atoms with Gasteiger partial charge in [-0.05, 0) is 37.0 Å². The molecule has 2 atom stereocenters. The Morgan fingerprint density at radius 1 is 1.00 bits per heavy atom. The van der Waals surface area contributed by atoms with Crippen LogP contribution in [-0.2, 0) is 15.1 Å². The number of hydrogen-bond donors (Lipinski definition) is 1. The molecule has 1 aliphatic carbocycles. The molecule has 32 heavy (non-hydrogen) atoms. The monoisotopic (exact) mass is 428 g/mol. The van der Waals surface area contributed by atoms with Gasteiger partial charge >= 0.3 is 0 Å². The standard InChI is InChI=1S/C27H25FN2O2/c28-25-14-13-22(15-24(25)27(21-11-12-21)18-32-17-23(16-31)30-27)29-26(19-7-3-1-4-8-19)20-9-5-2-6-10-20/h1-10,13-16,21,23,30H,11-12,17-18H2. The first-order chi connectivity index (χ1) is 15.7. The Bertz CT molecular complexity index is 1090. The van der Waals surface area contributed by atoms with Gasteiger partial charge in [0, 0.05) is 16.7 Å². The first kappa shape index (κ1) is 20.7. The van der Waals surface area contributed by atoms with Crippen molar-refractivity contribution in [2.45, 2.75) is 24.4 Å². The number of halogens is 1. The van der Waals surface area contributed by atoms with Crippen molar-refractivity contribution in [2.24, 2.45) is 10.9 Å². The molecule has 2 unspecified atom stereocenters. The molecule has 5 rings (SSSR count). The summed E-state index contributed by atoms with van der Waals surface area (Å²) in [5, 5.41) is 3.40. The largest absolute Gasteiger partial charge is 0.377 e. The average Bonchev–Trinajstić information content (AvgIpc) is 3.71. The highest BCUT2D eigenvalue weighted by molar-refractivity contribution is 6.13. The third kappa shape index (κ3) is 4.01. The van der Waals surface area contributed by atoms with Gasteiger partial charge in [0.25, 0.3) is 0 Å². The summed E-state index contributed by atoms with van der Waals surface area (Å²) in [5.41, 5.74) is 3.28. The number of rotatable bonds is 6. The lowest BCUT2D eigenvalue weighted by Gasteiger charge is -2.41. The molecule has 0 amide bonds. The van der Waals surface area contributed by atoms with E-state index in [0.29, 0.717) is 24.5 Å². The van der Waals surface area contributed by atoms with E-state index in [2.05, 4.69) is 5.32 Å². The van der Waals surface area contributed by atoms with Crippen LogP contribution in [0.2, 0.25) is 0 Å². The SMILES string of the molecule is O=CC1COCC(c2cc(N=C(c3ccccc3)c3ccccc3)ccc2F)(C2CC2)N1. The number of carbonyl (C=O) groups excluding carboxylic acids is 1. The quantitative estimate of drug-likeness (QED) is 0.454. The highest BCUT2D eigenvalue weighted by atomic mass is 19.1. The van der Waals surface area contributed by atoms with Crippen LogP contribution < -0.4 is 5.32 Å². The van der Waals surface area contributed by atoms with Gasteiger partial charge in [0.05, 0.1) is 36.2 Å². The van der Waals surface area contributed by atoms with Crippen molar-refractivity contribution in [3.05, 3.63) is 101 Å². The van der Waals surface area contributed by atoms with Crippen LogP contribution in [0.1, 0.15) is 29.5 Å². The van der Waals surface area contributed by atoms with Crippen molar-refractivity contribution >= 4 is 17.7 Å². The molecule has 1 saturated carbocycles. The number of ether oxygens (including phenoxy) is 1. The van der Waals surface area contributed by atoms with E-state index >= 15 is 4.39 Å². The van der Waals surface area contributed by atoms with Gasteiger partial charge in [0.1, 0.15) is 12.1 Å². The molecule has 3 aromatic carbocycles. The molecule has 4 nitrogen and oxygen atoms in total. The van der Waals surface area contributed by atoms with Crippen molar-refractivity contribution in [1.29, 1.82) is 0 Å². The highest BCUT2D eigenvalue weighted by Crippen LogP contribution is 2.48. The van der Waals surface area contributed by atoms with Crippen LogP contribution in [0, 0.1) is 11.7 Å². The molecular formula is C27H25FN2O2. The topological polar surface area (TPSA) is 50.7 Å². The summed E-state index contributed by atoms with van der Waals surface area (Å²) in [6.45, 7) is 0.653. The molecule has 3 aromatic rings. The summed E-state index contributed by atoms with van der Waals surface area (Å²) in [6.07, 6.45) is 2.81. The zero-order valence-corrected chi connectivity index (χ0v) is 17.7. The fraction of sp³-hybridized carbons (Fsp3) is 0.259. The van der Waals surface area contributed by atoms with Crippen molar-refractivity contribution in [2.75, 3.05) is 13.2 Å². The lowest BCUT2D eigenvalue weighted by molar-refractivity contribution is -0.115. The number of aliphatic imine (C=N–C) groups is 1. The minimum atomic E-state index is -0.709. The summed E-state index contributed by atoms with van der Waals surface area (Å²) in [6, 6.07) is 24.5. The number of carbonyl (C=O) groups is 1. The Morgan fingerprint density at radius 3 is 2.25 bits per heavy atom. The summed E-state index contributed by atoms with van der Waals surface area (Å²) in [4.78, 5) is 16.4. The van der Waals surface area contributed by atoms with Gasteiger partial charge in [-0.1, -0.05) is 60.7 Å². The van der Waals surface area contributed by atoms with Crippen molar-refractivity contribution in [1.82, 2.24) is 5.32 Å². The molecule has 0 bridgehead atoms. The summed E-state index contributed by atoms with van der Waals surface area (Å²) in [7, 11) is 0. The van der Waals surface area contributed by atoms with Crippen LogP contribution in [0.4, 0.5) is 10.1 Å². The zero-order valence-electron chi connectivity index (χ0n) is 17.7. The number of morpholine rings is 1. The normalized spacial score (nSPS) is 22.8. The predicted molar refractivity (Wildman–Crippen MR) is 123 cm³/mol. The van der Waals surface area contributed by atoms with E-state index in [1.807, 2.05) is 66.7 Å². The van der Waals surface area contributed by atoms with E-state index in [9.17, 15) is 4.79 Å². The molecule has 0 radical (unpaired) electrons. The molecule has 2 aliphatic rings. The molecule has 2 fully saturated rings. The van der Waals surface area contributed by atoms with Gasteiger partial charge in [0.2, 0.25) is 0 Å². The molecule has 1 saturated heterocycles. The highest BCUT2D eigenvalue weighted by Gasteiger charge is 2.50. The van der Waals surface area contributed by atoms with E-state index in [1.54, 1.807) is 6.07 Å². The lowest BCUT2D eigenvalue weighted by Crippen LogP contribution is -2.59. The predicted octanol–water partition coefficient (Wildman–Crippen LogP) is 4.79. The van der Waals surface area contributed by atoms with Crippen molar-refractivity contribution in [3.8, 4) is 0 Å². The molecule has 0 spiro atoms. The third-order valence-corrected chi connectivity index (χ3v) is 6.27. The Kier molecular flexibility index (Phi) is 5.68. The average molecular weight is 429 g/mol. The Balaban J connectivity index is 1.61. The third-order valence-electron chi connectivity index (χ3n) is 6.27. The Hall–Kier alpha value is -3.15. The van der Waals surface area contributed by atoms with Gasteiger partial charge in [-0.2, -0.15) is 0 Å². The number of nitrogens with one attached hydrogen (secondary N) is 1. The molecule has 1 heterocycles. The maximum Gasteiger partial charge on any atom is 0.139 e. The number of hydrogen-bond acceptors (Lipinski definition) is 4. The molecule has 1 N–H and O–H groups in total. The first-order valence-electron chi connectivity index (χ1n) is 11.0. The van der Waals surface area contributed by atoms with Gasteiger partial charge in [-0.25, -0.2) is 9.38 Å². The summed E-state index contributed by atoms with van der Waals surface area (Å²) < 4.78 is 20.9. The molecule has 5 heteroatoms. The number of aldehydes is 1. The van der Waals surface area contributed by atoms with E-state index in [1.165, 1.54) is 6.07 Å². The van der Waals surface area contributed by atoms with Gasteiger partial charge in [-0.15, -0.1) is 0 Å². The first-order valence-corrected chi connectivity index (χ1v) is 11.0. The van der Waals surface area contributed by atoms with Crippen LogP contribution in [0.5, 0.6) is 0 Å². The van der Waals surface area contributed by atoms with Gasteiger partial charge in [0.15, 0.2) is 0 Å². The van der Waals surface area contributed by atoms with Crippen LogP contribution in [0.15, 0.2) is 83.9 Å². The minimum Gasteiger partial charge on any atom is -0.377 e. The molecular weight excluding hydrogens is 403 g/mol. The van der Waals surface area contributed by atoms with Crippen molar-refractivity contribution in [3.63, 3.8) is 0 Å². The second kappa shape index (κ2) is 8.77.